The summed E-state index contributed by atoms with van der Waals surface area (Å²) >= 11 is 5.03. The van der Waals surface area contributed by atoms with Crippen molar-refractivity contribution in [2.24, 2.45) is 0 Å². The molecule has 1 aliphatic rings. The average molecular weight is 550 g/mol. The molecule has 4 heterocycles. The van der Waals surface area contributed by atoms with Crippen LogP contribution in [0.3, 0.4) is 0 Å². The quantitative estimate of drug-likeness (QED) is 0.304. The Balaban J connectivity index is 1.29. The number of aromatic hydroxyl groups is 1. The lowest BCUT2D eigenvalue weighted by atomic mass is 10.0. The molecule has 0 unspecified atom stereocenters. The van der Waals surface area contributed by atoms with Gasteiger partial charge < -0.3 is 9.52 Å². The highest BCUT2D eigenvalue weighted by atomic mass is 79.9. The van der Waals surface area contributed by atoms with Crippen molar-refractivity contribution in [2.75, 3.05) is 26.2 Å². The van der Waals surface area contributed by atoms with Gasteiger partial charge in [-0.05, 0) is 35.4 Å². The molecule has 1 atom stereocenters. The molecule has 3 aromatic heterocycles. The molecule has 2 aromatic carbocycles. The fourth-order valence-corrected chi connectivity index (χ4v) is 6.01. The van der Waals surface area contributed by atoms with Crippen LogP contribution in [0.4, 0.5) is 0 Å². The maximum absolute atomic E-state index is 11.3. The van der Waals surface area contributed by atoms with Gasteiger partial charge in [0.2, 0.25) is 16.7 Å². The molecule has 0 radical (unpaired) electrons. The van der Waals surface area contributed by atoms with E-state index in [4.69, 9.17) is 4.42 Å². The molecular formula is C26H24BrN5O2S. The maximum Gasteiger partial charge on any atom is 0.230 e. The van der Waals surface area contributed by atoms with Gasteiger partial charge in [0, 0.05) is 37.2 Å². The largest absolute Gasteiger partial charge is 0.492 e. The van der Waals surface area contributed by atoms with Crippen molar-refractivity contribution < 1.29 is 9.52 Å². The van der Waals surface area contributed by atoms with Crippen molar-refractivity contribution in [1.82, 2.24) is 24.4 Å². The van der Waals surface area contributed by atoms with Crippen molar-refractivity contribution in [2.45, 2.75) is 12.6 Å². The van der Waals surface area contributed by atoms with Gasteiger partial charge in [-0.25, -0.2) is 0 Å². The third-order valence-corrected chi connectivity index (χ3v) is 8.00. The third-order valence-electron chi connectivity index (χ3n) is 6.40. The lowest BCUT2D eigenvalue weighted by Crippen LogP contribution is -2.47. The summed E-state index contributed by atoms with van der Waals surface area (Å²) in [7, 11) is 0. The summed E-state index contributed by atoms with van der Waals surface area (Å²) in [6.07, 6.45) is 1.59. The summed E-state index contributed by atoms with van der Waals surface area (Å²) in [4.78, 5) is 11.0. The average Bonchev–Trinajstić information content (AvgIpc) is 3.61. The Morgan fingerprint density at radius 1 is 0.971 bits per heavy atom. The molecule has 9 heteroatoms. The van der Waals surface area contributed by atoms with E-state index in [1.807, 2.05) is 6.07 Å². The topological polar surface area (TPSA) is 70.0 Å². The van der Waals surface area contributed by atoms with Gasteiger partial charge in [-0.1, -0.05) is 69.7 Å². The van der Waals surface area contributed by atoms with Crippen LogP contribution >= 0.6 is 27.3 Å². The Morgan fingerprint density at radius 2 is 1.74 bits per heavy atom. The number of halogens is 1. The summed E-state index contributed by atoms with van der Waals surface area (Å²) in [6.45, 7) is 4.68. The first-order valence-corrected chi connectivity index (χ1v) is 13.1. The Morgan fingerprint density at radius 3 is 2.43 bits per heavy atom. The van der Waals surface area contributed by atoms with E-state index in [-0.39, 0.29) is 11.9 Å². The number of hydrogen-bond acceptors (Lipinski definition) is 7. The zero-order valence-electron chi connectivity index (χ0n) is 18.9. The molecule has 35 heavy (non-hydrogen) atoms. The lowest BCUT2D eigenvalue weighted by molar-refractivity contribution is 0.105. The number of aromatic nitrogens is 3. The molecule has 1 aliphatic heterocycles. The molecule has 7 nitrogen and oxygen atoms in total. The van der Waals surface area contributed by atoms with Crippen LogP contribution in [0.1, 0.15) is 22.0 Å². The van der Waals surface area contributed by atoms with E-state index < -0.39 is 0 Å². The van der Waals surface area contributed by atoms with Crippen molar-refractivity contribution >= 4 is 32.2 Å². The van der Waals surface area contributed by atoms with Crippen LogP contribution in [-0.4, -0.2) is 55.7 Å². The molecule has 5 aromatic rings. The van der Waals surface area contributed by atoms with Gasteiger partial charge in [-0.15, -0.1) is 5.10 Å². The SMILES string of the molecule is Oc1c([C@H](c2ccc(Br)cc2)N2CCN(Cc3ccccc3)CC2)sc2nc(-c3ccco3)nn12. The normalized spacial score (nSPS) is 16.1. The second-order valence-corrected chi connectivity index (χ2v) is 10.6. The van der Waals surface area contributed by atoms with Crippen molar-refractivity contribution in [1.29, 1.82) is 0 Å². The van der Waals surface area contributed by atoms with Gasteiger partial charge in [0.1, 0.15) is 0 Å². The molecule has 0 aliphatic carbocycles. The second kappa shape index (κ2) is 9.58. The highest BCUT2D eigenvalue weighted by Gasteiger charge is 2.32. The van der Waals surface area contributed by atoms with Crippen molar-refractivity contribution in [3.05, 3.63) is 93.5 Å². The summed E-state index contributed by atoms with van der Waals surface area (Å²) in [5, 5.41) is 15.8. The van der Waals surface area contributed by atoms with E-state index >= 15 is 0 Å². The molecule has 1 saturated heterocycles. The molecular weight excluding hydrogens is 526 g/mol. The number of nitrogens with zero attached hydrogens (tertiary/aromatic N) is 5. The van der Waals surface area contributed by atoms with Crippen molar-refractivity contribution in [3.63, 3.8) is 0 Å². The Labute approximate surface area is 215 Å². The zero-order chi connectivity index (χ0) is 23.8. The number of piperazine rings is 1. The van der Waals surface area contributed by atoms with Gasteiger partial charge in [-0.2, -0.15) is 9.50 Å². The fraction of sp³-hybridized carbons (Fsp3) is 0.231. The summed E-state index contributed by atoms with van der Waals surface area (Å²) in [6, 6.07) is 22.5. The first kappa shape index (κ1) is 22.5. The van der Waals surface area contributed by atoms with E-state index in [9.17, 15) is 5.11 Å². The number of fused-ring (bicyclic) bond motifs is 1. The molecule has 178 valence electrons. The van der Waals surface area contributed by atoms with E-state index in [2.05, 4.69) is 90.4 Å². The smallest absolute Gasteiger partial charge is 0.230 e. The van der Waals surface area contributed by atoms with E-state index in [0.717, 1.165) is 47.6 Å². The Kier molecular flexibility index (Phi) is 6.15. The van der Waals surface area contributed by atoms with E-state index in [1.54, 1.807) is 12.3 Å². The Bertz CT molecular complexity index is 1410. The summed E-state index contributed by atoms with van der Waals surface area (Å²) in [5.74, 6) is 1.19. The molecule has 0 bridgehead atoms. The van der Waals surface area contributed by atoms with Gasteiger partial charge in [0.05, 0.1) is 17.2 Å². The minimum Gasteiger partial charge on any atom is -0.492 e. The highest BCUT2D eigenvalue weighted by molar-refractivity contribution is 9.10. The standard InChI is InChI=1S/C26H24BrN5O2S/c27-20-10-8-19(9-11-20)22(31-14-12-30(13-15-31)17-18-5-2-1-3-6-18)23-25(33)32-26(35-23)28-24(29-32)21-7-4-16-34-21/h1-11,16,22,33H,12-15,17H2/t22-/m0/s1. The van der Waals surface area contributed by atoms with Crippen LogP contribution in [-0.2, 0) is 6.54 Å². The van der Waals surface area contributed by atoms with Gasteiger partial charge in [0.25, 0.3) is 0 Å². The fourth-order valence-electron chi connectivity index (χ4n) is 4.63. The molecule has 0 spiro atoms. The van der Waals surface area contributed by atoms with Crippen LogP contribution in [0.15, 0.2) is 81.9 Å². The number of rotatable bonds is 6. The molecule has 1 fully saturated rings. The number of furan rings is 1. The Hall–Kier alpha value is -2.98. The molecule has 0 saturated carbocycles. The van der Waals surface area contributed by atoms with Crippen LogP contribution in [0.25, 0.3) is 16.5 Å². The first-order valence-electron chi connectivity index (χ1n) is 11.5. The zero-order valence-corrected chi connectivity index (χ0v) is 21.3. The first-order chi connectivity index (χ1) is 17.2. The molecule has 0 amide bonds. The minimum atomic E-state index is -0.0810. The van der Waals surface area contributed by atoms with Gasteiger partial charge in [-0.3, -0.25) is 9.80 Å². The summed E-state index contributed by atoms with van der Waals surface area (Å²) < 4.78 is 7.99. The maximum atomic E-state index is 11.3. The van der Waals surface area contributed by atoms with Crippen LogP contribution in [0, 0.1) is 0 Å². The monoisotopic (exact) mass is 549 g/mol. The molecule has 6 rings (SSSR count). The predicted molar refractivity (Wildman–Crippen MR) is 140 cm³/mol. The number of benzene rings is 2. The van der Waals surface area contributed by atoms with Crippen molar-refractivity contribution in [3.8, 4) is 17.5 Å². The summed E-state index contributed by atoms with van der Waals surface area (Å²) in [5.41, 5.74) is 2.47. The second-order valence-electron chi connectivity index (χ2n) is 8.65. The predicted octanol–water partition coefficient (Wildman–Crippen LogP) is 5.43. The lowest BCUT2D eigenvalue weighted by Gasteiger charge is -2.39. The third kappa shape index (κ3) is 4.52. The van der Waals surface area contributed by atoms with Crippen LogP contribution in [0.2, 0.25) is 0 Å². The van der Waals surface area contributed by atoms with Crippen LogP contribution < -0.4 is 0 Å². The van der Waals surface area contributed by atoms with Crippen LogP contribution in [0.5, 0.6) is 5.88 Å². The van der Waals surface area contributed by atoms with Gasteiger partial charge >= 0.3 is 0 Å². The highest BCUT2D eigenvalue weighted by Crippen LogP contribution is 2.41. The number of hydrogen-bond donors (Lipinski definition) is 1. The van der Waals surface area contributed by atoms with E-state index in [1.165, 1.54) is 21.4 Å². The van der Waals surface area contributed by atoms with E-state index in [0.29, 0.717) is 16.5 Å². The molecule has 1 N–H and O–H groups in total. The number of thiazole rings is 1. The minimum absolute atomic E-state index is 0.0810. The van der Waals surface area contributed by atoms with Gasteiger partial charge in [0.15, 0.2) is 5.76 Å².